The van der Waals surface area contributed by atoms with E-state index in [1.54, 1.807) is 36.0 Å². The van der Waals surface area contributed by atoms with Crippen LogP contribution in [0.4, 0.5) is 5.69 Å². The molecule has 6 heteroatoms. The molecule has 0 fully saturated rings. The Morgan fingerprint density at radius 1 is 1.53 bits per heavy atom. The lowest BCUT2D eigenvalue weighted by molar-refractivity contribution is 0.0526. The topological polar surface area (TPSA) is 70.1 Å². The van der Waals surface area contributed by atoms with Crippen LogP contribution in [0.25, 0.3) is 5.69 Å². The lowest BCUT2D eigenvalue weighted by Gasteiger charge is -2.08. The zero-order valence-corrected chi connectivity index (χ0v) is 11.4. The van der Waals surface area contributed by atoms with E-state index >= 15 is 0 Å². The lowest BCUT2D eigenvalue weighted by Crippen LogP contribution is -2.07. The number of aryl methyl sites for hydroxylation is 1. The molecule has 0 unspecified atom stereocenters. The van der Waals surface area contributed by atoms with Crippen LogP contribution in [0, 0.1) is 6.92 Å². The van der Waals surface area contributed by atoms with Gasteiger partial charge >= 0.3 is 5.97 Å². The highest BCUT2D eigenvalue weighted by molar-refractivity contribution is 6.31. The fourth-order valence-electron chi connectivity index (χ4n) is 1.67. The maximum Gasteiger partial charge on any atom is 0.338 e. The minimum absolute atomic E-state index is 0.328. The molecule has 2 N–H and O–H groups in total. The molecule has 0 atom stereocenters. The highest BCUT2D eigenvalue weighted by Gasteiger charge is 2.11. The van der Waals surface area contributed by atoms with Crippen molar-refractivity contribution in [1.29, 1.82) is 0 Å². The summed E-state index contributed by atoms with van der Waals surface area (Å²) in [6, 6.07) is 4.93. The number of benzene rings is 1. The van der Waals surface area contributed by atoms with E-state index in [1.807, 2.05) is 6.92 Å². The monoisotopic (exact) mass is 279 g/mol. The first-order valence-corrected chi connectivity index (χ1v) is 6.19. The molecule has 1 heterocycles. The zero-order valence-electron chi connectivity index (χ0n) is 10.7. The Hall–Kier alpha value is -2.01. The van der Waals surface area contributed by atoms with Crippen molar-refractivity contribution in [3.63, 3.8) is 0 Å². The van der Waals surface area contributed by atoms with E-state index in [4.69, 9.17) is 22.1 Å². The maximum absolute atomic E-state index is 11.6. The van der Waals surface area contributed by atoms with Crippen molar-refractivity contribution >= 4 is 23.3 Å². The minimum atomic E-state index is -0.393. The molecule has 0 aliphatic rings. The Kier molecular flexibility index (Phi) is 3.76. The number of carbonyl (C=O) groups is 1. The summed E-state index contributed by atoms with van der Waals surface area (Å²) in [5.74, 6) is -0.393. The van der Waals surface area contributed by atoms with Gasteiger partial charge in [0.1, 0.15) is 0 Å². The number of ether oxygens (including phenoxy) is 1. The third-order valence-corrected chi connectivity index (χ3v) is 3.00. The van der Waals surface area contributed by atoms with Gasteiger partial charge in [-0.05, 0) is 32.0 Å². The van der Waals surface area contributed by atoms with Gasteiger partial charge in [0.2, 0.25) is 0 Å². The molecular weight excluding hydrogens is 266 g/mol. The van der Waals surface area contributed by atoms with Gasteiger partial charge in [-0.1, -0.05) is 11.6 Å². The number of nitrogens with two attached hydrogens (primary N) is 1. The van der Waals surface area contributed by atoms with Crippen LogP contribution in [0.15, 0.2) is 24.4 Å². The van der Waals surface area contributed by atoms with Crippen molar-refractivity contribution in [2.45, 2.75) is 13.8 Å². The molecular formula is C13H14ClN3O2. The van der Waals surface area contributed by atoms with E-state index in [9.17, 15) is 4.79 Å². The SMILES string of the molecule is CCOC(=O)c1ccc(-n2cc(Cl)c(C)n2)c(N)c1. The van der Waals surface area contributed by atoms with Gasteiger partial charge in [-0.15, -0.1) is 0 Å². The second-order valence-corrected chi connectivity index (χ2v) is 4.41. The molecule has 0 bridgehead atoms. The van der Waals surface area contributed by atoms with Gasteiger partial charge in [0.25, 0.3) is 0 Å². The van der Waals surface area contributed by atoms with Gasteiger partial charge in [0.15, 0.2) is 0 Å². The van der Waals surface area contributed by atoms with Crippen LogP contribution in [-0.4, -0.2) is 22.4 Å². The second kappa shape index (κ2) is 5.32. The number of aromatic nitrogens is 2. The lowest BCUT2D eigenvalue weighted by atomic mass is 10.2. The summed E-state index contributed by atoms with van der Waals surface area (Å²) in [5.41, 5.74) is 8.17. The summed E-state index contributed by atoms with van der Waals surface area (Å²) < 4.78 is 6.50. The number of hydrogen-bond donors (Lipinski definition) is 1. The highest BCUT2D eigenvalue weighted by atomic mass is 35.5. The quantitative estimate of drug-likeness (QED) is 0.692. The van der Waals surface area contributed by atoms with E-state index in [1.165, 1.54) is 0 Å². The predicted molar refractivity (Wildman–Crippen MR) is 73.7 cm³/mol. The number of hydrogen-bond acceptors (Lipinski definition) is 4. The highest BCUT2D eigenvalue weighted by Crippen LogP contribution is 2.22. The molecule has 1 aromatic heterocycles. The van der Waals surface area contributed by atoms with E-state index in [-0.39, 0.29) is 0 Å². The summed E-state index contributed by atoms with van der Waals surface area (Å²) in [4.78, 5) is 11.6. The third-order valence-electron chi connectivity index (χ3n) is 2.62. The largest absolute Gasteiger partial charge is 0.462 e. The molecule has 5 nitrogen and oxygen atoms in total. The number of anilines is 1. The molecule has 2 aromatic rings. The molecule has 0 saturated heterocycles. The molecule has 0 saturated carbocycles. The van der Waals surface area contributed by atoms with Gasteiger partial charge in [-0.2, -0.15) is 5.10 Å². The van der Waals surface area contributed by atoms with Crippen LogP contribution in [0.2, 0.25) is 5.02 Å². The van der Waals surface area contributed by atoms with Crippen molar-refractivity contribution in [3.05, 3.63) is 40.7 Å². The number of esters is 1. The molecule has 0 spiro atoms. The van der Waals surface area contributed by atoms with Gasteiger partial charge in [0, 0.05) is 6.20 Å². The summed E-state index contributed by atoms with van der Waals surface area (Å²) in [6.07, 6.45) is 1.67. The molecule has 0 radical (unpaired) electrons. The number of rotatable bonds is 3. The molecule has 19 heavy (non-hydrogen) atoms. The average molecular weight is 280 g/mol. The molecule has 2 rings (SSSR count). The van der Waals surface area contributed by atoms with Gasteiger partial charge in [-0.3, -0.25) is 0 Å². The Labute approximate surface area is 115 Å². The maximum atomic E-state index is 11.6. The molecule has 0 amide bonds. The number of nitrogen functional groups attached to an aromatic ring is 1. The standard InChI is InChI=1S/C13H14ClN3O2/c1-3-19-13(18)9-4-5-12(11(15)6-9)17-7-10(14)8(2)16-17/h4-7H,3,15H2,1-2H3. The van der Waals surface area contributed by atoms with E-state index in [0.29, 0.717) is 28.6 Å². The molecule has 1 aromatic carbocycles. The Balaban J connectivity index is 2.36. The van der Waals surface area contributed by atoms with Gasteiger partial charge in [0.05, 0.1) is 34.3 Å². The van der Waals surface area contributed by atoms with Gasteiger partial charge < -0.3 is 10.5 Å². The molecule has 100 valence electrons. The number of nitrogens with zero attached hydrogens (tertiary/aromatic N) is 2. The van der Waals surface area contributed by atoms with Crippen LogP contribution in [-0.2, 0) is 4.74 Å². The first kappa shape index (κ1) is 13.4. The van der Waals surface area contributed by atoms with E-state index in [0.717, 1.165) is 5.69 Å². The van der Waals surface area contributed by atoms with Crippen molar-refractivity contribution in [1.82, 2.24) is 9.78 Å². The van der Waals surface area contributed by atoms with Crippen LogP contribution in [0.1, 0.15) is 23.0 Å². The minimum Gasteiger partial charge on any atom is -0.462 e. The third kappa shape index (κ3) is 2.71. The normalized spacial score (nSPS) is 10.5. The van der Waals surface area contributed by atoms with Gasteiger partial charge in [-0.25, -0.2) is 9.48 Å². The summed E-state index contributed by atoms with van der Waals surface area (Å²) >= 11 is 5.96. The Morgan fingerprint density at radius 3 is 2.79 bits per heavy atom. The van der Waals surface area contributed by atoms with Crippen LogP contribution < -0.4 is 5.73 Å². The summed E-state index contributed by atoms with van der Waals surface area (Å²) in [7, 11) is 0. The Morgan fingerprint density at radius 2 is 2.26 bits per heavy atom. The summed E-state index contributed by atoms with van der Waals surface area (Å²) in [5, 5.41) is 4.80. The van der Waals surface area contributed by atoms with Crippen molar-refractivity contribution in [2.24, 2.45) is 0 Å². The fourth-order valence-corrected chi connectivity index (χ4v) is 1.80. The van der Waals surface area contributed by atoms with E-state index in [2.05, 4.69) is 5.10 Å². The Bertz CT molecular complexity index is 603. The average Bonchev–Trinajstić information content (AvgIpc) is 2.69. The zero-order chi connectivity index (χ0) is 14.0. The van der Waals surface area contributed by atoms with E-state index < -0.39 is 5.97 Å². The van der Waals surface area contributed by atoms with Crippen LogP contribution >= 0.6 is 11.6 Å². The predicted octanol–water partition coefficient (Wildman–Crippen LogP) is 2.59. The van der Waals surface area contributed by atoms with Crippen LogP contribution in [0.3, 0.4) is 0 Å². The first-order chi connectivity index (χ1) is 9.02. The van der Waals surface area contributed by atoms with Crippen molar-refractivity contribution < 1.29 is 9.53 Å². The fraction of sp³-hybridized carbons (Fsp3) is 0.231. The number of halogens is 1. The van der Waals surface area contributed by atoms with Crippen molar-refractivity contribution in [3.8, 4) is 5.69 Å². The smallest absolute Gasteiger partial charge is 0.338 e. The summed E-state index contributed by atoms with van der Waals surface area (Å²) in [6.45, 7) is 3.89. The van der Waals surface area contributed by atoms with Crippen molar-refractivity contribution in [2.75, 3.05) is 12.3 Å². The van der Waals surface area contributed by atoms with Crippen LogP contribution in [0.5, 0.6) is 0 Å². The molecule has 0 aliphatic carbocycles. The number of carbonyl (C=O) groups excluding carboxylic acids is 1. The second-order valence-electron chi connectivity index (χ2n) is 4.00. The molecule has 0 aliphatic heterocycles. The first-order valence-electron chi connectivity index (χ1n) is 5.81.